The summed E-state index contributed by atoms with van der Waals surface area (Å²) < 4.78 is 5.65. The fraction of sp³-hybridized carbons (Fsp3) is 0.900. The molecular formula is C10H17NO. The average Bonchev–Trinajstić information content (AvgIpc) is 2.54. The van der Waals surface area contributed by atoms with E-state index in [9.17, 15) is 0 Å². The Morgan fingerprint density at radius 3 is 2.58 bits per heavy atom. The molecule has 2 aliphatic rings. The first-order valence-electron chi connectivity index (χ1n) is 5.07. The van der Waals surface area contributed by atoms with E-state index in [0.29, 0.717) is 12.0 Å². The first-order chi connectivity index (χ1) is 5.86. The van der Waals surface area contributed by atoms with Crippen molar-refractivity contribution in [3.8, 4) is 0 Å². The highest BCUT2D eigenvalue weighted by Crippen LogP contribution is 2.27. The number of aliphatic imine (C=N–C) groups is 1. The molecule has 0 N–H and O–H groups in total. The molecule has 2 nitrogen and oxygen atoms in total. The number of hydrogen-bond acceptors (Lipinski definition) is 2. The van der Waals surface area contributed by atoms with E-state index in [1.807, 2.05) is 0 Å². The van der Waals surface area contributed by atoms with Crippen LogP contribution in [0.3, 0.4) is 0 Å². The summed E-state index contributed by atoms with van der Waals surface area (Å²) in [6.45, 7) is 2.98. The van der Waals surface area contributed by atoms with Gasteiger partial charge in [-0.05, 0) is 19.8 Å². The highest BCUT2D eigenvalue weighted by atomic mass is 16.5. The molecule has 0 aromatic rings. The van der Waals surface area contributed by atoms with E-state index < -0.39 is 0 Å². The molecule has 2 heteroatoms. The molecule has 1 heterocycles. The second kappa shape index (κ2) is 3.46. The molecule has 0 amide bonds. The Bertz CT molecular complexity index is 182. The van der Waals surface area contributed by atoms with Crippen LogP contribution in [-0.2, 0) is 4.74 Å². The van der Waals surface area contributed by atoms with Crippen molar-refractivity contribution in [2.45, 2.75) is 45.1 Å². The van der Waals surface area contributed by atoms with Gasteiger partial charge in [-0.15, -0.1) is 0 Å². The summed E-state index contributed by atoms with van der Waals surface area (Å²) in [6.07, 6.45) is 7.06. The lowest BCUT2D eigenvalue weighted by molar-refractivity contribution is 0.220. The van der Waals surface area contributed by atoms with Crippen LogP contribution in [0.2, 0.25) is 0 Å². The average molecular weight is 167 g/mol. The standard InChI is InChI=1S/C10H17NO/c1-8-7-11-10(12-8)9-5-3-2-4-6-9/h8-9H,2-7H2,1H3. The van der Waals surface area contributed by atoms with Crippen molar-refractivity contribution < 1.29 is 4.74 Å². The van der Waals surface area contributed by atoms with Gasteiger partial charge in [0.1, 0.15) is 6.10 Å². The van der Waals surface area contributed by atoms with Crippen molar-refractivity contribution in [3.63, 3.8) is 0 Å². The molecule has 1 saturated carbocycles. The van der Waals surface area contributed by atoms with Crippen molar-refractivity contribution in [1.29, 1.82) is 0 Å². The quantitative estimate of drug-likeness (QED) is 0.587. The van der Waals surface area contributed by atoms with Crippen molar-refractivity contribution in [2.24, 2.45) is 10.9 Å². The maximum atomic E-state index is 5.65. The van der Waals surface area contributed by atoms with Gasteiger partial charge >= 0.3 is 0 Å². The van der Waals surface area contributed by atoms with Crippen molar-refractivity contribution in [2.75, 3.05) is 6.54 Å². The molecule has 0 aromatic carbocycles. The maximum Gasteiger partial charge on any atom is 0.186 e. The minimum absolute atomic E-state index is 0.335. The monoisotopic (exact) mass is 167 g/mol. The van der Waals surface area contributed by atoms with Crippen LogP contribution in [0.5, 0.6) is 0 Å². The molecule has 68 valence electrons. The fourth-order valence-corrected chi connectivity index (χ4v) is 2.07. The highest BCUT2D eigenvalue weighted by molar-refractivity contribution is 5.80. The molecule has 12 heavy (non-hydrogen) atoms. The van der Waals surface area contributed by atoms with Crippen LogP contribution in [-0.4, -0.2) is 18.5 Å². The molecule has 0 saturated heterocycles. The summed E-state index contributed by atoms with van der Waals surface area (Å²) in [4.78, 5) is 4.43. The Morgan fingerprint density at radius 1 is 1.25 bits per heavy atom. The summed E-state index contributed by atoms with van der Waals surface area (Å²) >= 11 is 0. The number of rotatable bonds is 1. The molecule has 1 atom stereocenters. The summed E-state index contributed by atoms with van der Waals surface area (Å²) in [5.41, 5.74) is 0. The first kappa shape index (κ1) is 8.09. The van der Waals surface area contributed by atoms with Crippen LogP contribution in [0.25, 0.3) is 0 Å². The van der Waals surface area contributed by atoms with Gasteiger partial charge in [-0.2, -0.15) is 0 Å². The minimum Gasteiger partial charge on any atom is -0.476 e. The van der Waals surface area contributed by atoms with Crippen LogP contribution in [0.15, 0.2) is 4.99 Å². The van der Waals surface area contributed by atoms with E-state index in [2.05, 4.69) is 11.9 Å². The lowest BCUT2D eigenvalue weighted by atomic mass is 9.89. The van der Waals surface area contributed by atoms with E-state index in [1.165, 1.54) is 32.1 Å². The Hall–Kier alpha value is -0.530. The highest BCUT2D eigenvalue weighted by Gasteiger charge is 2.25. The Kier molecular flexibility index (Phi) is 2.33. The van der Waals surface area contributed by atoms with E-state index >= 15 is 0 Å². The first-order valence-corrected chi connectivity index (χ1v) is 5.07. The predicted octanol–water partition coefficient (Wildman–Crippen LogP) is 2.38. The van der Waals surface area contributed by atoms with Crippen LogP contribution in [0.1, 0.15) is 39.0 Å². The van der Waals surface area contributed by atoms with Gasteiger partial charge in [0.05, 0.1) is 6.54 Å². The van der Waals surface area contributed by atoms with Gasteiger partial charge in [0.15, 0.2) is 5.90 Å². The van der Waals surface area contributed by atoms with E-state index in [0.717, 1.165) is 12.4 Å². The van der Waals surface area contributed by atoms with Crippen LogP contribution >= 0.6 is 0 Å². The molecule has 1 aliphatic carbocycles. The number of hydrogen-bond donors (Lipinski definition) is 0. The van der Waals surface area contributed by atoms with Crippen molar-refractivity contribution in [1.82, 2.24) is 0 Å². The third-order valence-electron chi connectivity index (χ3n) is 2.78. The van der Waals surface area contributed by atoms with E-state index in [1.54, 1.807) is 0 Å². The summed E-state index contributed by atoms with van der Waals surface area (Å²) in [6, 6.07) is 0. The van der Waals surface area contributed by atoms with Gasteiger partial charge in [0, 0.05) is 5.92 Å². The Labute approximate surface area is 74.0 Å². The van der Waals surface area contributed by atoms with E-state index in [4.69, 9.17) is 4.74 Å². The third kappa shape index (κ3) is 1.62. The molecule has 1 unspecified atom stereocenters. The Balaban J connectivity index is 1.91. The lowest BCUT2D eigenvalue weighted by Crippen LogP contribution is -2.19. The molecule has 0 radical (unpaired) electrons. The zero-order valence-electron chi connectivity index (χ0n) is 7.75. The molecule has 1 fully saturated rings. The molecular weight excluding hydrogens is 150 g/mol. The molecule has 0 spiro atoms. The van der Waals surface area contributed by atoms with Crippen molar-refractivity contribution in [3.05, 3.63) is 0 Å². The molecule has 1 aliphatic heterocycles. The largest absolute Gasteiger partial charge is 0.476 e. The van der Waals surface area contributed by atoms with Crippen LogP contribution in [0, 0.1) is 5.92 Å². The minimum atomic E-state index is 0.335. The third-order valence-corrected chi connectivity index (χ3v) is 2.78. The number of ether oxygens (including phenoxy) is 1. The molecule has 0 bridgehead atoms. The smallest absolute Gasteiger partial charge is 0.186 e. The number of nitrogens with zero attached hydrogens (tertiary/aromatic N) is 1. The van der Waals surface area contributed by atoms with Gasteiger partial charge in [-0.25, -0.2) is 0 Å². The summed E-state index contributed by atoms with van der Waals surface area (Å²) in [7, 11) is 0. The van der Waals surface area contributed by atoms with Crippen molar-refractivity contribution >= 4 is 5.90 Å². The van der Waals surface area contributed by atoms with Gasteiger partial charge in [0.25, 0.3) is 0 Å². The van der Waals surface area contributed by atoms with Gasteiger partial charge in [-0.3, -0.25) is 4.99 Å². The fourth-order valence-electron chi connectivity index (χ4n) is 2.07. The zero-order chi connectivity index (χ0) is 8.39. The van der Waals surface area contributed by atoms with Crippen LogP contribution in [0.4, 0.5) is 0 Å². The second-order valence-electron chi connectivity index (χ2n) is 3.94. The molecule has 2 rings (SSSR count). The second-order valence-corrected chi connectivity index (χ2v) is 3.94. The normalized spacial score (nSPS) is 31.4. The van der Waals surface area contributed by atoms with Gasteiger partial charge in [-0.1, -0.05) is 19.3 Å². The Morgan fingerprint density at radius 2 is 2.00 bits per heavy atom. The van der Waals surface area contributed by atoms with Gasteiger partial charge in [0.2, 0.25) is 0 Å². The molecule has 0 aromatic heterocycles. The lowest BCUT2D eigenvalue weighted by Gasteiger charge is -2.21. The topological polar surface area (TPSA) is 21.6 Å². The zero-order valence-corrected chi connectivity index (χ0v) is 7.75. The maximum absolute atomic E-state index is 5.65. The van der Waals surface area contributed by atoms with Crippen LogP contribution < -0.4 is 0 Å². The van der Waals surface area contributed by atoms with E-state index in [-0.39, 0.29) is 0 Å². The predicted molar refractivity (Wildman–Crippen MR) is 49.4 cm³/mol. The van der Waals surface area contributed by atoms with Gasteiger partial charge < -0.3 is 4.74 Å². The summed E-state index contributed by atoms with van der Waals surface area (Å²) in [5.74, 6) is 1.71. The SMILES string of the molecule is CC1CN=C(C2CCCCC2)O1. The summed E-state index contributed by atoms with van der Waals surface area (Å²) in [5, 5.41) is 0.